The highest BCUT2D eigenvalue weighted by Gasteiger charge is 2.08. The fourth-order valence-electron chi connectivity index (χ4n) is 0.820. The van der Waals surface area contributed by atoms with Gasteiger partial charge in [0.25, 0.3) is 0 Å². The first-order chi connectivity index (χ1) is 6.63. The van der Waals surface area contributed by atoms with Gasteiger partial charge in [-0.25, -0.2) is 0 Å². The molecule has 0 aliphatic rings. The molecule has 0 aromatic carbocycles. The third kappa shape index (κ3) is 2.97. The molecule has 0 bridgehead atoms. The molecule has 0 aliphatic heterocycles. The van der Waals surface area contributed by atoms with Crippen molar-refractivity contribution >= 4 is 17.6 Å². The van der Waals surface area contributed by atoms with Gasteiger partial charge in [0.05, 0.1) is 11.5 Å². The molecule has 1 unspecified atom stereocenters. The van der Waals surface area contributed by atoms with E-state index in [0.29, 0.717) is 0 Å². The second-order valence-electron chi connectivity index (χ2n) is 2.72. The van der Waals surface area contributed by atoms with Gasteiger partial charge in [-0.05, 0) is 16.0 Å². The summed E-state index contributed by atoms with van der Waals surface area (Å²) in [5.41, 5.74) is 0. The SMILES string of the molecule is CC(CO)Sc1ccc([N+](=O)[O-])nc1. The number of aliphatic hydroxyl groups is 1. The molecule has 0 saturated heterocycles. The molecule has 76 valence electrons. The second kappa shape index (κ2) is 4.92. The average molecular weight is 214 g/mol. The predicted octanol–water partition coefficient (Wildman–Crippen LogP) is 1.46. The van der Waals surface area contributed by atoms with Crippen molar-refractivity contribution in [3.05, 3.63) is 28.4 Å². The van der Waals surface area contributed by atoms with Crippen LogP contribution in [0.3, 0.4) is 0 Å². The molecule has 1 N–H and O–H groups in total. The first-order valence-corrected chi connectivity index (χ1v) is 4.89. The van der Waals surface area contributed by atoms with Crippen LogP contribution in [0.5, 0.6) is 0 Å². The van der Waals surface area contributed by atoms with Gasteiger partial charge >= 0.3 is 5.82 Å². The smallest absolute Gasteiger partial charge is 0.363 e. The van der Waals surface area contributed by atoms with Crippen LogP contribution in [0.4, 0.5) is 5.82 Å². The van der Waals surface area contributed by atoms with Crippen LogP contribution in [0.1, 0.15) is 6.92 Å². The Morgan fingerprint density at radius 3 is 2.86 bits per heavy atom. The lowest BCUT2D eigenvalue weighted by Gasteiger charge is -2.04. The number of thioether (sulfide) groups is 1. The number of hydrogen-bond donors (Lipinski definition) is 1. The molecule has 0 radical (unpaired) electrons. The van der Waals surface area contributed by atoms with Crippen molar-refractivity contribution in [3.63, 3.8) is 0 Å². The topological polar surface area (TPSA) is 76.3 Å². The second-order valence-corrected chi connectivity index (χ2v) is 4.23. The third-order valence-electron chi connectivity index (χ3n) is 1.50. The van der Waals surface area contributed by atoms with E-state index in [1.807, 2.05) is 6.92 Å². The minimum Gasteiger partial charge on any atom is -0.395 e. The third-order valence-corrected chi connectivity index (χ3v) is 2.57. The number of nitrogens with zero attached hydrogens (tertiary/aromatic N) is 2. The van der Waals surface area contributed by atoms with E-state index >= 15 is 0 Å². The van der Waals surface area contributed by atoms with E-state index in [1.165, 1.54) is 24.0 Å². The van der Waals surface area contributed by atoms with Crippen LogP contribution in [-0.4, -0.2) is 26.9 Å². The van der Waals surface area contributed by atoms with Crippen LogP contribution in [0.15, 0.2) is 23.2 Å². The summed E-state index contributed by atoms with van der Waals surface area (Å²) in [7, 11) is 0. The van der Waals surface area contributed by atoms with E-state index in [9.17, 15) is 10.1 Å². The van der Waals surface area contributed by atoms with E-state index < -0.39 is 4.92 Å². The van der Waals surface area contributed by atoms with Crippen molar-refractivity contribution in [2.45, 2.75) is 17.1 Å². The van der Waals surface area contributed by atoms with E-state index in [4.69, 9.17) is 5.11 Å². The largest absolute Gasteiger partial charge is 0.395 e. The van der Waals surface area contributed by atoms with E-state index in [1.54, 1.807) is 6.07 Å². The van der Waals surface area contributed by atoms with Gasteiger partial charge in [-0.1, -0.05) is 6.92 Å². The van der Waals surface area contributed by atoms with Crippen LogP contribution < -0.4 is 0 Å². The lowest BCUT2D eigenvalue weighted by Crippen LogP contribution is -2.01. The Morgan fingerprint density at radius 1 is 1.71 bits per heavy atom. The summed E-state index contributed by atoms with van der Waals surface area (Å²) in [4.78, 5) is 14.2. The molecule has 5 nitrogen and oxygen atoms in total. The molecule has 0 aliphatic carbocycles. The molecular formula is C8H10N2O3S. The van der Waals surface area contributed by atoms with Crippen molar-refractivity contribution < 1.29 is 10.0 Å². The normalized spacial score (nSPS) is 12.4. The highest BCUT2D eigenvalue weighted by molar-refractivity contribution is 8.00. The Morgan fingerprint density at radius 2 is 2.43 bits per heavy atom. The van der Waals surface area contributed by atoms with Gasteiger partial charge in [-0.2, -0.15) is 0 Å². The Balaban J connectivity index is 2.68. The van der Waals surface area contributed by atoms with Crippen molar-refractivity contribution in [3.8, 4) is 0 Å². The van der Waals surface area contributed by atoms with Crippen LogP contribution in [-0.2, 0) is 0 Å². The zero-order valence-electron chi connectivity index (χ0n) is 7.58. The summed E-state index contributed by atoms with van der Waals surface area (Å²) in [5, 5.41) is 19.1. The molecule has 1 atom stereocenters. The van der Waals surface area contributed by atoms with Crippen molar-refractivity contribution in [1.82, 2.24) is 4.98 Å². The Hall–Kier alpha value is -1.14. The lowest BCUT2D eigenvalue weighted by molar-refractivity contribution is -0.389. The standard InChI is InChI=1S/C8H10N2O3S/c1-6(5-11)14-7-2-3-8(9-4-7)10(12)13/h2-4,6,11H,5H2,1H3. The fourth-order valence-corrected chi connectivity index (χ4v) is 1.62. The first-order valence-electron chi connectivity index (χ1n) is 4.01. The molecule has 0 fully saturated rings. The van der Waals surface area contributed by atoms with Gasteiger partial charge in [0.15, 0.2) is 6.20 Å². The summed E-state index contributed by atoms with van der Waals surface area (Å²) >= 11 is 1.43. The predicted molar refractivity (Wildman–Crippen MR) is 53.3 cm³/mol. The van der Waals surface area contributed by atoms with E-state index in [2.05, 4.69) is 4.98 Å². The summed E-state index contributed by atoms with van der Waals surface area (Å²) in [6, 6.07) is 2.98. The zero-order valence-corrected chi connectivity index (χ0v) is 8.40. The lowest BCUT2D eigenvalue weighted by atomic mass is 10.5. The molecule has 1 rings (SSSR count). The van der Waals surface area contributed by atoms with Gasteiger partial charge in [-0.15, -0.1) is 11.8 Å². The minimum absolute atomic E-state index is 0.0678. The molecule has 1 heterocycles. The Bertz CT molecular complexity index is 315. The average Bonchev–Trinajstić information content (AvgIpc) is 2.18. The van der Waals surface area contributed by atoms with Gasteiger partial charge in [0.2, 0.25) is 0 Å². The number of nitro groups is 1. The fraction of sp³-hybridized carbons (Fsp3) is 0.375. The Kier molecular flexibility index (Phi) is 3.84. The molecule has 0 saturated carbocycles. The molecule has 1 aromatic heterocycles. The van der Waals surface area contributed by atoms with Gasteiger partial charge in [0.1, 0.15) is 0 Å². The molecule has 0 amide bonds. The van der Waals surface area contributed by atoms with E-state index in [0.717, 1.165) is 4.90 Å². The maximum Gasteiger partial charge on any atom is 0.363 e. The van der Waals surface area contributed by atoms with Crippen LogP contribution in [0, 0.1) is 10.1 Å². The minimum atomic E-state index is -0.538. The van der Waals surface area contributed by atoms with Crippen LogP contribution in [0.2, 0.25) is 0 Å². The molecule has 0 spiro atoms. The quantitative estimate of drug-likeness (QED) is 0.466. The highest BCUT2D eigenvalue weighted by Crippen LogP contribution is 2.23. The van der Waals surface area contributed by atoms with Crippen molar-refractivity contribution in [2.24, 2.45) is 0 Å². The number of aliphatic hydroxyl groups excluding tert-OH is 1. The van der Waals surface area contributed by atoms with Gasteiger partial charge in [0, 0.05) is 11.3 Å². The summed E-state index contributed by atoms with van der Waals surface area (Å²) < 4.78 is 0. The molecule has 14 heavy (non-hydrogen) atoms. The van der Waals surface area contributed by atoms with Crippen molar-refractivity contribution in [1.29, 1.82) is 0 Å². The highest BCUT2D eigenvalue weighted by atomic mass is 32.2. The number of rotatable bonds is 4. The summed E-state index contributed by atoms with van der Waals surface area (Å²) in [6.07, 6.45) is 1.44. The number of aromatic nitrogens is 1. The van der Waals surface area contributed by atoms with Crippen LogP contribution >= 0.6 is 11.8 Å². The van der Waals surface area contributed by atoms with E-state index in [-0.39, 0.29) is 17.7 Å². The van der Waals surface area contributed by atoms with Gasteiger partial charge < -0.3 is 15.2 Å². The number of pyridine rings is 1. The number of hydrogen-bond acceptors (Lipinski definition) is 5. The first kappa shape index (κ1) is 10.9. The van der Waals surface area contributed by atoms with Crippen LogP contribution in [0.25, 0.3) is 0 Å². The molecule has 1 aromatic rings. The Labute approximate surface area is 85.3 Å². The maximum absolute atomic E-state index is 10.3. The maximum atomic E-state index is 10.3. The monoisotopic (exact) mass is 214 g/mol. The molecular weight excluding hydrogens is 204 g/mol. The summed E-state index contributed by atoms with van der Waals surface area (Å²) in [5.74, 6) is -0.161. The summed E-state index contributed by atoms with van der Waals surface area (Å²) in [6.45, 7) is 1.94. The zero-order chi connectivity index (χ0) is 10.6. The van der Waals surface area contributed by atoms with Gasteiger partial charge in [-0.3, -0.25) is 0 Å². The molecule has 6 heteroatoms. The van der Waals surface area contributed by atoms with Crippen molar-refractivity contribution in [2.75, 3.05) is 6.61 Å².